The summed E-state index contributed by atoms with van der Waals surface area (Å²) >= 11 is 1.11. The second-order valence-electron chi connectivity index (χ2n) is 7.39. The number of fused-ring (bicyclic) bond motifs is 1. The number of hydrogen-bond acceptors (Lipinski definition) is 7. The maximum atomic E-state index is 13.8. The molecule has 0 radical (unpaired) electrons. The van der Waals surface area contributed by atoms with Gasteiger partial charge in [0.25, 0.3) is 0 Å². The molecule has 2 atom stereocenters. The van der Waals surface area contributed by atoms with Crippen molar-refractivity contribution in [3.8, 4) is 5.75 Å². The van der Waals surface area contributed by atoms with Crippen LogP contribution in [0.5, 0.6) is 5.75 Å². The Morgan fingerprint density at radius 2 is 2.06 bits per heavy atom. The first-order chi connectivity index (χ1) is 16.0. The third-order valence-corrected chi connectivity index (χ3v) is 6.11. The van der Waals surface area contributed by atoms with Gasteiger partial charge in [0.1, 0.15) is 23.5 Å². The van der Waals surface area contributed by atoms with E-state index < -0.39 is 17.8 Å². The number of anilines is 1. The number of thioether (sulfide) groups is 1. The molecule has 0 aliphatic carbocycles. The summed E-state index contributed by atoms with van der Waals surface area (Å²) in [5.41, 5.74) is 6.72. The van der Waals surface area contributed by atoms with Gasteiger partial charge in [-0.05, 0) is 37.3 Å². The summed E-state index contributed by atoms with van der Waals surface area (Å²) in [4.78, 5) is 31.7. The molecular weight excluding hydrogens is 452 g/mol. The Balaban J connectivity index is 1.45. The van der Waals surface area contributed by atoms with Gasteiger partial charge in [-0.2, -0.15) is 0 Å². The average Bonchev–Trinajstić information content (AvgIpc) is 3.27. The lowest BCUT2D eigenvalue weighted by Crippen LogP contribution is -2.49. The number of hydrazine groups is 1. The first-order valence-electron chi connectivity index (χ1n) is 10.4. The summed E-state index contributed by atoms with van der Waals surface area (Å²) in [5, 5.41) is 2.99. The van der Waals surface area contributed by atoms with Gasteiger partial charge in [0.15, 0.2) is 5.17 Å². The van der Waals surface area contributed by atoms with Crippen LogP contribution in [0.1, 0.15) is 12.5 Å². The highest BCUT2D eigenvalue weighted by Gasteiger charge is 2.42. The van der Waals surface area contributed by atoms with Crippen LogP contribution in [0, 0.1) is 17.6 Å². The zero-order chi connectivity index (χ0) is 23.4. The van der Waals surface area contributed by atoms with Crippen molar-refractivity contribution in [2.75, 3.05) is 23.8 Å². The minimum Gasteiger partial charge on any atom is -0.494 e. The highest BCUT2D eigenvalue weighted by Crippen LogP contribution is 2.30. The molecule has 2 heterocycles. The predicted molar refractivity (Wildman–Crippen MR) is 122 cm³/mol. The molecule has 2 amide bonds. The average molecular weight is 476 g/mol. The van der Waals surface area contributed by atoms with Crippen molar-refractivity contribution in [1.29, 1.82) is 0 Å². The maximum absolute atomic E-state index is 13.8. The third kappa shape index (κ3) is 5.32. The van der Waals surface area contributed by atoms with Crippen molar-refractivity contribution in [3.05, 3.63) is 59.7 Å². The topological polar surface area (TPSA) is 95.1 Å². The molecule has 33 heavy (non-hydrogen) atoms. The van der Waals surface area contributed by atoms with Gasteiger partial charge in [-0.3, -0.25) is 19.9 Å². The van der Waals surface area contributed by atoms with Crippen LogP contribution in [0.3, 0.4) is 0 Å². The van der Waals surface area contributed by atoms with E-state index in [1.165, 1.54) is 11.0 Å². The zero-order valence-corrected chi connectivity index (χ0v) is 18.6. The van der Waals surface area contributed by atoms with Gasteiger partial charge < -0.3 is 10.1 Å². The molecule has 11 heteroatoms. The van der Waals surface area contributed by atoms with Gasteiger partial charge in [-0.1, -0.05) is 17.8 Å². The normalized spacial score (nSPS) is 19.8. The lowest BCUT2D eigenvalue weighted by Gasteiger charge is -2.32. The highest BCUT2D eigenvalue weighted by molar-refractivity contribution is 8.14. The van der Waals surface area contributed by atoms with E-state index in [0.29, 0.717) is 29.8 Å². The number of carbonyl (C=O) groups is 2. The van der Waals surface area contributed by atoms with Crippen LogP contribution in [-0.4, -0.2) is 42.1 Å². The van der Waals surface area contributed by atoms with Gasteiger partial charge in [-0.25, -0.2) is 19.2 Å². The molecule has 2 aromatic rings. The Morgan fingerprint density at radius 3 is 2.79 bits per heavy atom. The van der Waals surface area contributed by atoms with E-state index in [-0.39, 0.29) is 35.6 Å². The quantitative estimate of drug-likeness (QED) is 0.568. The first-order valence-corrected chi connectivity index (χ1v) is 11.4. The van der Waals surface area contributed by atoms with Crippen LogP contribution in [0.4, 0.5) is 14.5 Å². The van der Waals surface area contributed by atoms with E-state index in [0.717, 1.165) is 23.9 Å². The molecule has 0 saturated carbocycles. The van der Waals surface area contributed by atoms with E-state index >= 15 is 0 Å². The van der Waals surface area contributed by atoms with Crippen LogP contribution in [0.2, 0.25) is 0 Å². The van der Waals surface area contributed by atoms with Gasteiger partial charge >= 0.3 is 0 Å². The number of nitrogens with one attached hydrogen (secondary N) is 3. The number of benzene rings is 2. The fourth-order valence-corrected chi connectivity index (χ4v) is 4.38. The lowest BCUT2D eigenvalue weighted by molar-refractivity contribution is -0.121. The molecule has 174 valence electrons. The number of aliphatic imine (C=N–C) groups is 1. The molecule has 0 spiro atoms. The molecule has 8 nitrogen and oxygen atoms in total. The van der Waals surface area contributed by atoms with E-state index in [1.54, 1.807) is 24.3 Å². The first kappa shape index (κ1) is 23.1. The van der Waals surface area contributed by atoms with Crippen molar-refractivity contribution in [3.63, 3.8) is 0 Å². The van der Waals surface area contributed by atoms with E-state index in [9.17, 15) is 18.4 Å². The van der Waals surface area contributed by atoms with Gasteiger partial charge in [0.05, 0.1) is 24.0 Å². The number of amides is 2. The molecule has 2 aliphatic rings. The zero-order valence-electron chi connectivity index (χ0n) is 17.8. The summed E-state index contributed by atoms with van der Waals surface area (Å²) in [6.07, 6.45) is -0.421. The van der Waals surface area contributed by atoms with Crippen molar-refractivity contribution < 1.29 is 23.1 Å². The second-order valence-corrected chi connectivity index (χ2v) is 8.33. The van der Waals surface area contributed by atoms with Gasteiger partial charge in [0, 0.05) is 24.7 Å². The Morgan fingerprint density at radius 1 is 1.27 bits per heavy atom. The predicted octanol–water partition coefficient (Wildman–Crippen LogP) is 2.17. The Hall–Kier alpha value is -3.02. The number of hydrogen-bond donors (Lipinski definition) is 3. The molecular formula is C22H23F2N5O3S. The standard InChI is InChI=1S/C22H23F2N5O3S/c1-2-32-16-7-5-15(6-8-16)29-21(31)17-11-26-28-20(17)27-22(29)33-12-19(30)25-10-13-3-4-14(23)9-18(13)24/h3-9,17,20,26,28H,2,10-12H2,1H3,(H,25,30). The molecule has 2 aromatic carbocycles. The van der Waals surface area contributed by atoms with E-state index in [4.69, 9.17) is 4.74 Å². The summed E-state index contributed by atoms with van der Waals surface area (Å²) in [6.45, 7) is 2.79. The van der Waals surface area contributed by atoms with Crippen molar-refractivity contribution in [1.82, 2.24) is 16.2 Å². The molecule has 1 fully saturated rings. The minimum atomic E-state index is -0.724. The molecule has 2 aliphatic heterocycles. The fraction of sp³-hybridized carbons (Fsp3) is 0.318. The number of halogens is 2. The summed E-state index contributed by atoms with van der Waals surface area (Å²) in [7, 11) is 0. The fourth-order valence-electron chi connectivity index (χ4n) is 3.50. The Labute approximate surface area is 193 Å². The van der Waals surface area contributed by atoms with E-state index in [1.807, 2.05) is 6.92 Å². The third-order valence-electron chi connectivity index (χ3n) is 5.16. The maximum Gasteiger partial charge on any atom is 0.241 e. The Kier molecular flexibility index (Phi) is 7.21. The van der Waals surface area contributed by atoms with Crippen LogP contribution >= 0.6 is 11.8 Å². The smallest absolute Gasteiger partial charge is 0.241 e. The SMILES string of the molecule is CCOc1ccc(N2C(=O)C3CNNC3N=C2SCC(=O)NCc2ccc(F)cc2F)cc1. The number of carbonyl (C=O) groups excluding carboxylic acids is 2. The van der Waals surface area contributed by atoms with E-state index in [2.05, 4.69) is 21.2 Å². The largest absolute Gasteiger partial charge is 0.494 e. The molecule has 2 unspecified atom stereocenters. The minimum absolute atomic E-state index is 0.0345. The molecule has 0 aromatic heterocycles. The molecule has 0 bridgehead atoms. The van der Waals surface area contributed by atoms with Crippen LogP contribution < -0.4 is 25.8 Å². The highest BCUT2D eigenvalue weighted by atomic mass is 32.2. The van der Waals surface area contributed by atoms with Crippen LogP contribution in [-0.2, 0) is 16.1 Å². The van der Waals surface area contributed by atoms with Crippen LogP contribution in [0.25, 0.3) is 0 Å². The van der Waals surface area contributed by atoms with Gasteiger partial charge in [-0.15, -0.1) is 0 Å². The molecule has 1 saturated heterocycles. The van der Waals surface area contributed by atoms with Crippen LogP contribution in [0.15, 0.2) is 47.5 Å². The van der Waals surface area contributed by atoms with Crippen molar-refractivity contribution in [2.45, 2.75) is 19.6 Å². The monoisotopic (exact) mass is 475 g/mol. The molecule has 4 rings (SSSR count). The van der Waals surface area contributed by atoms with Gasteiger partial charge in [0.2, 0.25) is 11.8 Å². The number of nitrogens with zero attached hydrogens (tertiary/aromatic N) is 2. The summed E-state index contributed by atoms with van der Waals surface area (Å²) < 4.78 is 32.3. The number of ether oxygens (including phenoxy) is 1. The molecule has 3 N–H and O–H groups in total. The summed E-state index contributed by atoms with van der Waals surface area (Å²) in [5.74, 6) is -1.62. The Bertz CT molecular complexity index is 1070. The number of rotatable bonds is 7. The van der Waals surface area contributed by atoms with Crippen molar-refractivity contribution >= 4 is 34.4 Å². The lowest BCUT2D eigenvalue weighted by atomic mass is 10.0. The van der Waals surface area contributed by atoms with Crippen molar-refractivity contribution in [2.24, 2.45) is 10.9 Å². The summed E-state index contributed by atoms with van der Waals surface area (Å²) in [6, 6.07) is 10.3. The second kappa shape index (κ2) is 10.3. The number of amidine groups is 1.